The van der Waals surface area contributed by atoms with Crippen LogP contribution in [0.1, 0.15) is 39.0 Å². The van der Waals surface area contributed by atoms with Gasteiger partial charge in [0.15, 0.2) is 0 Å². The Morgan fingerprint density at radius 3 is 2.44 bits per heavy atom. The molecule has 0 aromatic heterocycles. The quantitative estimate of drug-likeness (QED) is 0.674. The average Bonchev–Trinajstić information content (AvgIpc) is 2.30. The summed E-state index contributed by atoms with van der Waals surface area (Å²) in [5.74, 6) is 1.11. The van der Waals surface area contributed by atoms with E-state index in [0.717, 1.165) is 18.8 Å². The first-order chi connectivity index (χ1) is 7.83. The zero-order valence-electron chi connectivity index (χ0n) is 9.98. The Morgan fingerprint density at radius 1 is 1.06 bits per heavy atom. The summed E-state index contributed by atoms with van der Waals surface area (Å²) in [6, 6.07) is 6.88. The Kier molecular flexibility index (Phi) is 6.47. The molecule has 1 aromatic rings. The fraction of sp³-hybridized carbons (Fsp3) is 0.500. The molecule has 0 atom stereocenters. The SMILES string of the molecule is C[CH]CCCCCCOc1ccc(O)cc1. The van der Waals surface area contributed by atoms with Gasteiger partial charge in [0.1, 0.15) is 11.5 Å². The largest absolute Gasteiger partial charge is 0.508 e. The monoisotopic (exact) mass is 221 g/mol. The lowest BCUT2D eigenvalue weighted by Gasteiger charge is -2.05. The van der Waals surface area contributed by atoms with Crippen molar-refractivity contribution in [2.45, 2.75) is 39.0 Å². The number of unbranched alkanes of at least 4 members (excludes halogenated alkanes) is 5. The van der Waals surface area contributed by atoms with Gasteiger partial charge in [0.05, 0.1) is 6.61 Å². The summed E-state index contributed by atoms with van der Waals surface area (Å²) >= 11 is 0. The van der Waals surface area contributed by atoms with E-state index in [9.17, 15) is 0 Å². The number of hydrogen-bond acceptors (Lipinski definition) is 2. The number of aromatic hydroxyl groups is 1. The lowest BCUT2D eigenvalue weighted by molar-refractivity contribution is 0.304. The standard InChI is InChI=1S/C14H21O2/c1-2-3-4-5-6-7-12-16-14-10-8-13(15)9-11-14/h2,8-11,15H,3-7,12H2,1H3. The van der Waals surface area contributed by atoms with E-state index < -0.39 is 0 Å². The highest BCUT2D eigenvalue weighted by Crippen LogP contribution is 2.16. The molecule has 0 fully saturated rings. The van der Waals surface area contributed by atoms with Crippen LogP contribution in [-0.4, -0.2) is 11.7 Å². The van der Waals surface area contributed by atoms with Crippen LogP contribution in [-0.2, 0) is 0 Å². The van der Waals surface area contributed by atoms with Crippen molar-refractivity contribution in [3.05, 3.63) is 30.7 Å². The van der Waals surface area contributed by atoms with E-state index in [4.69, 9.17) is 9.84 Å². The average molecular weight is 221 g/mol. The van der Waals surface area contributed by atoms with Gasteiger partial charge in [-0.15, -0.1) is 0 Å². The molecule has 1 rings (SSSR count). The van der Waals surface area contributed by atoms with Crippen LogP contribution in [0.4, 0.5) is 0 Å². The topological polar surface area (TPSA) is 29.5 Å². The number of phenolic OH excluding ortho intramolecular Hbond substituents is 1. The second kappa shape index (κ2) is 8.03. The molecule has 0 aliphatic carbocycles. The van der Waals surface area contributed by atoms with Gasteiger partial charge in [0.25, 0.3) is 0 Å². The Labute approximate surface area is 98.3 Å². The summed E-state index contributed by atoms with van der Waals surface area (Å²) < 4.78 is 5.55. The zero-order valence-corrected chi connectivity index (χ0v) is 9.98. The van der Waals surface area contributed by atoms with Crippen molar-refractivity contribution in [3.8, 4) is 11.5 Å². The maximum absolute atomic E-state index is 9.09. The lowest BCUT2D eigenvalue weighted by atomic mass is 10.1. The maximum Gasteiger partial charge on any atom is 0.119 e. The summed E-state index contributed by atoms with van der Waals surface area (Å²) in [7, 11) is 0. The first kappa shape index (κ1) is 12.9. The summed E-state index contributed by atoms with van der Waals surface area (Å²) in [6.07, 6.45) is 8.33. The van der Waals surface area contributed by atoms with Gasteiger partial charge < -0.3 is 9.84 Å². The van der Waals surface area contributed by atoms with Gasteiger partial charge >= 0.3 is 0 Å². The molecule has 0 saturated heterocycles. The second-order valence-corrected chi connectivity index (χ2v) is 3.95. The van der Waals surface area contributed by atoms with E-state index >= 15 is 0 Å². The minimum absolute atomic E-state index is 0.281. The van der Waals surface area contributed by atoms with E-state index in [1.165, 1.54) is 25.7 Å². The predicted octanol–water partition coefficient (Wildman–Crippen LogP) is 3.95. The number of hydrogen-bond donors (Lipinski definition) is 1. The van der Waals surface area contributed by atoms with E-state index in [0.29, 0.717) is 0 Å². The fourth-order valence-corrected chi connectivity index (χ4v) is 1.54. The summed E-state index contributed by atoms with van der Waals surface area (Å²) in [4.78, 5) is 0. The van der Waals surface area contributed by atoms with Crippen LogP contribution in [0, 0.1) is 6.42 Å². The van der Waals surface area contributed by atoms with Crippen LogP contribution >= 0.6 is 0 Å². The van der Waals surface area contributed by atoms with E-state index in [1.807, 2.05) is 0 Å². The van der Waals surface area contributed by atoms with E-state index in [1.54, 1.807) is 24.3 Å². The van der Waals surface area contributed by atoms with Crippen molar-refractivity contribution in [1.29, 1.82) is 0 Å². The smallest absolute Gasteiger partial charge is 0.119 e. The molecule has 1 radical (unpaired) electrons. The van der Waals surface area contributed by atoms with Gasteiger partial charge in [-0.05, 0) is 37.1 Å². The summed E-state index contributed by atoms with van der Waals surface area (Å²) in [5, 5.41) is 9.09. The Morgan fingerprint density at radius 2 is 1.75 bits per heavy atom. The molecule has 0 unspecified atom stereocenters. The lowest BCUT2D eigenvalue weighted by Crippen LogP contribution is -1.96. The molecule has 0 saturated carbocycles. The summed E-state index contributed by atoms with van der Waals surface area (Å²) in [6.45, 7) is 2.87. The molecule has 0 aliphatic rings. The van der Waals surface area contributed by atoms with E-state index in [2.05, 4.69) is 13.3 Å². The van der Waals surface area contributed by atoms with Gasteiger partial charge in [-0.3, -0.25) is 0 Å². The highest BCUT2D eigenvalue weighted by molar-refractivity contribution is 5.29. The van der Waals surface area contributed by atoms with Crippen molar-refractivity contribution in [1.82, 2.24) is 0 Å². The van der Waals surface area contributed by atoms with Gasteiger partial charge in [0.2, 0.25) is 0 Å². The van der Waals surface area contributed by atoms with Crippen LogP contribution in [0.3, 0.4) is 0 Å². The molecule has 2 nitrogen and oxygen atoms in total. The minimum atomic E-state index is 0.281. The molecule has 0 amide bonds. The molecule has 16 heavy (non-hydrogen) atoms. The van der Waals surface area contributed by atoms with Crippen molar-refractivity contribution in [3.63, 3.8) is 0 Å². The molecule has 0 bridgehead atoms. The molecular formula is C14H21O2. The first-order valence-corrected chi connectivity index (χ1v) is 6.02. The van der Waals surface area contributed by atoms with Crippen molar-refractivity contribution in [2.75, 3.05) is 6.61 Å². The number of benzene rings is 1. The van der Waals surface area contributed by atoms with Crippen molar-refractivity contribution < 1.29 is 9.84 Å². The third-order valence-electron chi connectivity index (χ3n) is 2.49. The van der Waals surface area contributed by atoms with Gasteiger partial charge in [-0.25, -0.2) is 0 Å². The number of ether oxygens (including phenoxy) is 1. The number of phenols is 1. The molecule has 1 aromatic carbocycles. The van der Waals surface area contributed by atoms with Crippen LogP contribution in [0.2, 0.25) is 0 Å². The molecule has 89 valence electrons. The van der Waals surface area contributed by atoms with Gasteiger partial charge in [0, 0.05) is 0 Å². The molecule has 0 aliphatic heterocycles. The molecule has 0 heterocycles. The van der Waals surface area contributed by atoms with Gasteiger partial charge in [-0.1, -0.05) is 32.6 Å². The predicted molar refractivity (Wildman–Crippen MR) is 66.7 cm³/mol. The Hall–Kier alpha value is -1.18. The molecule has 1 N–H and O–H groups in total. The molecular weight excluding hydrogens is 200 g/mol. The minimum Gasteiger partial charge on any atom is -0.508 e. The van der Waals surface area contributed by atoms with Crippen LogP contribution in [0.15, 0.2) is 24.3 Å². The summed E-state index contributed by atoms with van der Waals surface area (Å²) in [5.41, 5.74) is 0. The van der Waals surface area contributed by atoms with Gasteiger partial charge in [-0.2, -0.15) is 0 Å². The van der Waals surface area contributed by atoms with Crippen LogP contribution < -0.4 is 4.74 Å². The fourth-order valence-electron chi connectivity index (χ4n) is 1.54. The maximum atomic E-state index is 9.09. The molecule has 2 heteroatoms. The second-order valence-electron chi connectivity index (χ2n) is 3.95. The van der Waals surface area contributed by atoms with Crippen molar-refractivity contribution >= 4 is 0 Å². The Balaban J connectivity index is 2.01. The first-order valence-electron chi connectivity index (χ1n) is 6.02. The van der Waals surface area contributed by atoms with E-state index in [-0.39, 0.29) is 5.75 Å². The highest BCUT2D eigenvalue weighted by Gasteiger charge is 1.94. The molecule has 0 spiro atoms. The Bertz CT molecular complexity index is 267. The third-order valence-corrected chi connectivity index (χ3v) is 2.49. The third kappa shape index (κ3) is 5.64. The van der Waals surface area contributed by atoms with Crippen molar-refractivity contribution in [2.24, 2.45) is 0 Å². The zero-order chi connectivity index (χ0) is 11.6. The number of rotatable bonds is 8. The van der Waals surface area contributed by atoms with Crippen LogP contribution in [0.25, 0.3) is 0 Å². The van der Waals surface area contributed by atoms with Crippen LogP contribution in [0.5, 0.6) is 11.5 Å². The highest BCUT2D eigenvalue weighted by atomic mass is 16.5. The normalized spacial score (nSPS) is 10.3.